The van der Waals surface area contributed by atoms with Crippen LogP contribution in [0.25, 0.3) is 0 Å². The van der Waals surface area contributed by atoms with Crippen LogP contribution in [-0.4, -0.2) is 36.5 Å². The van der Waals surface area contributed by atoms with Gasteiger partial charge in [-0.3, -0.25) is 10.1 Å². The van der Waals surface area contributed by atoms with Crippen molar-refractivity contribution in [1.29, 1.82) is 0 Å². The largest absolute Gasteiger partial charge is 0.378 e. The minimum Gasteiger partial charge on any atom is -0.378 e. The van der Waals surface area contributed by atoms with E-state index in [0.29, 0.717) is 17.8 Å². The number of hydrogen-bond donors (Lipinski definition) is 1. The Balaban J connectivity index is 2.93. The van der Waals surface area contributed by atoms with Gasteiger partial charge in [0, 0.05) is 12.6 Å². The maximum atomic E-state index is 13.3. The first-order chi connectivity index (χ1) is 8.32. The number of halogens is 1. The standard InChI is InChI=1S/C12H18FN3O2/c1-8-5-11(14-7-9(2)15(3)4)12(16(17)18)6-10(8)13/h5-6,9,14H,7H2,1-4H3. The fourth-order valence-corrected chi connectivity index (χ4v) is 1.40. The SMILES string of the molecule is Cc1cc(NCC(C)N(C)C)c([N+](=O)[O-])cc1F. The van der Waals surface area contributed by atoms with Crippen molar-refractivity contribution >= 4 is 11.4 Å². The number of likely N-dealkylation sites (N-methyl/N-ethyl adjacent to an activating group) is 1. The molecule has 0 bridgehead atoms. The van der Waals surface area contributed by atoms with Crippen LogP contribution in [0.4, 0.5) is 15.8 Å². The fraction of sp³-hybridized carbons (Fsp3) is 0.500. The van der Waals surface area contributed by atoms with Crippen molar-refractivity contribution in [3.63, 3.8) is 0 Å². The quantitative estimate of drug-likeness (QED) is 0.648. The molecule has 0 aliphatic heterocycles. The third kappa shape index (κ3) is 3.40. The Kier molecular flexibility index (Phi) is 4.61. The Morgan fingerprint density at radius 2 is 2.11 bits per heavy atom. The lowest BCUT2D eigenvalue weighted by Gasteiger charge is -2.20. The lowest BCUT2D eigenvalue weighted by molar-refractivity contribution is -0.384. The average Bonchev–Trinajstić information content (AvgIpc) is 2.29. The van der Waals surface area contributed by atoms with Crippen LogP contribution in [0.15, 0.2) is 12.1 Å². The summed E-state index contributed by atoms with van der Waals surface area (Å²) in [5.74, 6) is -0.562. The topological polar surface area (TPSA) is 58.4 Å². The minimum atomic E-state index is -0.578. The number of nitro groups is 1. The molecule has 1 aromatic carbocycles. The van der Waals surface area contributed by atoms with E-state index in [4.69, 9.17) is 0 Å². The predicted molar refractivity (Wildman–Crippen MR) is 69.4 cm³/mol. The lowest BCUT2D eigenvalue weighted by atomic mass is 10.1. The highest BCUT2D eigenvalue weighted by molar-refractivity contribution is 5.63. The summed E-state index contributed by atoms with van der Waals surface area (Å²) in [5.41, 5.74) is 0.511. The zero-order valence-corrected chi connectivity index (χ0v) is 11.0. The number of hydrogen-bond acceptors (Lipinski definition) is 4. The third-order valence-corrected chi connectivity index (χ3v) is 2.94. The molecule has 1 rings (SSSR count). The van der Waals surface area contributed by atoms with Gasteiger partial charge in [-0.1, -0.05) is 0 Å². The van der Waals surface area contributed by atoms with Crippen LogP contribution in [0, 0.1) is 22.9 Å². The summed E-state index contributed by atoms with van der Waals surface area (Å²) in [5, 5.41) is 13.8. The summed E-state index contributed by atoms with van der Waals surface area (Å²) >= 11 is 0. The summed E-state index contributed by atoms with van der Waals surface area (Å²) in [6.45, 7) is 4.13. The van der Waals surface area contributed by atoms with Gasteiger partial charge in [0.15, 0.2) is 0 Å². The van der Waals surface area contributed by atoms with E-state index in [1.165, 1.54) is 6.07 Å². The second kappa shape index (κ2) is 5.77. The normalized spacial score (nSPS) is 12.6. The number of nitrogens with one attached hydrogen (secondary N) is 1. The van der Waals surface area contributed by atoms with Crippen LogP contribution in [-0.2, 0) is 0 Å². The van der Waals surface area contributed by atoms with Gasteiger partial charge in [-0.25, -0.2) is 4.39 Å². The number of anilines is 1. The summed E-state index contributed by atoms with van der Waals surface area (Å²) in [6, 6.07) is 2.64. The first-order valence-electron chi connectivity index (χ1n) is 5.67. The molecule has 5 nitrogen and oxygen atoms in total. The molecule has 1 atom stereocenters. The Bertz CT molecular complexity index is 449. The number of rotatable bonds is 5. The van der Waals surface area contributed by atoms with Crippen molar-refractivity contribution in [2.45, 2.75) is 19.9 Å². The molecule has 0 amide bonds. The van der Waals surface area contributed by atoms with Crippen LogP contribution >= 0.6 is 0 Å². The van der Waals surface area contributed by atoms with Gasteiger partial charge in [0.2, 0.25) is 0 Å². The van der Waals surface area contributed by atoms with Gasteiger partial charge in [0.25, 0.3) is 5.69 Å². The maximum absolute atomic E-state index is 13.3. The maximum Gasteiger partial charge on any atom is 0.295 e. The van der Waals surface area contributed by atoms with Crippen LogP contribution in [0.2, 0.25) is 0 Å². The zero-order valence-electron chi connectivity index (χ0n) is 11.0. The van der Waals surface area contributed by atoms with Crippen molar-refractivity contribution in [3.8, 4) is 0 Å². The van der Waals surface area contributed by atoms with E-state index < -0.39 is 10.7 Å². The summed E-state index contributed by atoms with van der Waals surface area (Å²) < 4.78 is 13.3. The Morgan fingerprint density at radius 3 is 2.61 bits per heavy atom. The zero-order chi connectivity index (χ0) is 13.9. The van der Waals surface area contributed by atoms with E-state index >= 15 is 0 Å². The molecule has 0 aliphatic carbocycles. The van der Waals surface area contributed by atoms with E-state index in [2.05, 4.69) is 5.32 Å². The van der Waals surface area contributed by atoms with E-state index in [1.807, 2.05) is 25.9 Å². The van der Waals surface area contributed by atoms with Crippen LogP contribution in [0.3, 0.4) is 0 Å². The van der Waals surface area contributed by atoms with Crippen molar-refractivity contribution in [2.75, 3.05) is 26.0 Å². The highest BCUT2D eigenvalue weighted by Gasteiger charge is 2.17. The van der Waals surface area contributed by atoms with Gasteiger partial charge >= 0.3 is 0 Å². The number of nitro benzene ring substituents is 1. The summed E-state index contributed by atoms with van der Waals surface area (Å²) in [4.78, 5) is 12.3. The van der Waals surface area contributed by atoms with E-state index in [-0.39, 0.29) is 11.7 Å². The Morgan fingerprint density at radius 1 is 1.50 bits per heavy atom. The summed E-state index contributed by atoms with van der Waals surface area (Å²) in [7, 11) is 3.85. The Labute approximate surface area is 106 Å². The molecule has 1 aromatic rings. The number of benzene rings is 1. The van der Waals surface area contributed by atoms with E-state index in [9.17, 15) is 14.5 Å². The van der Waals surface area contributed by atoms with Crippen LogP contribution < -0.4 is 5.32 Å². The van der Waals surface area contributed by atoms with Gasteiger partial charge < -0.3 is 10.2 Å². The molecule has 6 heteroatoms. The molecule has 0 spiro atoms. The van der Waals surface area contributed by atoms with Gasteiger partial charge in [0.05, 0.1) is 11.0 Å². The highest BCUT2D eigenvalue weighted by Crippen LogP contribution is 2.27. The first-order valence-corrected chi connectivity index (χ1v) is 5.67. The van der Waals surface area contributed by atoms with Crippen molar-refractivity contribution < 1.29 is 9.31 Å². The molecule has 100 valence electrons. The molecule has 0 aromatic heterocycles. The first kappa shape index (κ1) is 14.4. The highest BCUT2D eigenvalue weighted by atomic mass is 19.1. The molecule has 0 fully saturated rings. The monoisotopic (exact) mass is 255 g/mol. The van der Waals surface area contributed by atoms with Crippen molar-refractivity contribution in [3.05, 3.63) is 33.6 Å². The molecule has 18 heavy (non-hydrogen) atoms. The van der Waals surface area contributed by atoms with Crippen molar-refractivity contribution in [1.82, 2.24) is 4.90 Å². The molecule has 0 heterocycles. The van der Waals surface area contributed by atoms with Gasteiger partial charge in [-0.05, 0) is 39.6 Å². The molecule has 1 N–H and O–H groups in total. The second-order valence-corrected chi connectivity index (χ2v) is 4.57. The minimum absolute atomic E-state index is 0.218. The number of aryl methyl sites for hydroxylation is 1. The van der Waals surface area contributed by atoms with E-state index in [1.54, 1.807) is 6.92 Å². The van der Waals surface area contributed by atoms with Crippen LogP contribution in [0.1, 0.15) is 12.5 Å². The van der Waals surface area contributed by atoms with Crippen molar-refractivity contribution in [2.24, 2.45) is 0 Å². The molecular formula is C12H18FN3O2. The Hall–Kier alpha value is -1.69. The lowest BCUT2D eigenvalue weighted by Crippen LogP contribution is -2.31. The molecule has 0 radical (unpaired) electrons. The molecule has 0 saturated heterocycles. The van der Waals surface area contributed by atoms with Gasteiger partial charge in [0.1, 0.15) is 11.5 Å². The average molecular weight is 255 g/mol. The van der Waals surface area contributed by atoms with Gasteiger partial charge in [-0.15, -0.1) is 0 Å². The van der Waals surface area contributed by atoms with Gasteiger partial charge in [-0.2, -0.15) is 0 Å². The molecular weight excluding hydrogens is 237 g/mol. The number of nitrogens with zero attached hydrogens (tertiary/aromatic N) is 2. The summed E-state index contributed by atoms with van der Waals surface area (Å²) in [6.07, 6.45) is 0. The van der Waals surface area contributed by atoms with E-state index in [0.717, 1.165) is 6.07 Å². The predicted octanol–water partition coefficient (Wildman–Crippen LogP) is 2.40. The van der Waals surface area contributed by atoms with Crippen LogP contribution in [0.5, 0.6) is 0 Å². The second-order valence-electron chi connectivity index (χ2n) is 4.57. The molecule has 0 saturated carbocycles. The molecule has 1 unspecified atom stereocenters. The fourth-order valence-electron chi connectivity index (χ4n) is 1.40. The smallest absolute Gasteiger partial charge is 0.295 e. The third-order valence-electron chi connectivity index (χ3n) is 2.94. The molecule has 0 aliphatic rings.